The maximum Gasteiger partial charge on any atom is 0.282 e. The van der Waals surface area contributed by atoms with E-state index in [9.17, 15) is 17.2 Å². The Morgan fingerprint density at radius 3 is 2.22 bits per heavy atom. The number of nitrogens with zero attached hydrogens (tertiary/aromatic N) is 2. The standard InChI is InChI=1S/C19H18F2N2O3S/c1-3-26-15-8-6-14(7-9-15)23-18(12-17(22-23)19(20)21)13-4-10-16(11-5-13)27(2,24)25/h4-12,19H,3H2,1-2H3. The Balaban J connectivity index is 2.07. The number of ether oxygens (including phenoxy) is 1. The molecule has 0 aliphatic carbocycles. The molecule has 3 rings (SSSR count). The van der Waals surface area contributed by atoms with Gasteiger partial charge in [0, 0.05) is 11.8 Å². The Bertz CT molecular complexity index is 1030. The molecule has 0 atom stereocenters. The van der Waals surface area contributed by atoms with Crippen molar-refractivity contribution in [3.63, 3.8) is 0 Å². The van der Waals surface area contributed by atoms with E-state index in [1.807, 2.05) is 6.92 Å². The highest BCUT2D eigenvalue weighted by Gasteiger charge is 2.18. The van der Waals surface area contributed by atoms with Crippen molar-refractivity contribution >= 4 is 9.84 Å². The lowest BCUT2D eigenvalue weighted by atomic mass is 10.1. The van der Waals surface area contributed by atoms with Gasteiger partial charge in [0.15, 0.2) is 9.84 Å². The SMILES string of the molecule is CCOc1ccc(-n2nc(C(F)F)cc2-c2ccc(S(C)(=O)=O)cc2)cc1. The van der Waals surface area contributed by atoms with Crippen LogP contribution in [0.3, 0.4) is 0 Å². The average molecular weight is 392 g/mol. The minimum Gasteiger partial charge on any atom is -0.494 e. The van der Waals surface area contributed by atoms with Crippen molar-refractivity contribution in [1.82, 2.24) is 9.78 Å². The molecule has 0 radical (unpaired) electrons. The molecule has 0 saturated carbocycles. The lowest BCUT2D eigenvalue weighted by Crippen LogP contribution is -2.01. The van der Waals surface area contributed by atoms with Crippen LogP contribution in [-0.4, -0.2) is 31.1 Å². The van der Waals surface area contributed by atoms with Gasteiger partial charge in [0.1, 0.15) is 11.4 Å². The first kappa shape index (κ1) is 19.0. The van der Waals surface area contributed by atoms with Gasteiger partial charge in [0.25, 0.3) is 6.43 Å². The van der Waals surface area contributed by atoms with Crippen molar-refractivity contribution in [2.75, 3.05) is 12.9 Å². The van der Waals surface area contributed by atoms with E-state index in [1.54, 1.807) is 36.4 Å². The van der Waals surface area contributed by atoms with Gasteiger partial charge in [-0.15, -0.1) is 0 Å². The van der Waals surface area contributed by atoms with Crippen LogP contribution in [0.25, 0.3) is 16.9 Å². The number of rotatable bonds is 6. The first-order chi connectivity index (χ1) is 12.8. The fourth-order valence-electron chi connectivity index (χ4n) is 2.63. The summed E-state index contributed by atoms with van der Waals surface area (Å²) in [5.74, 6) is 0.668. The lowest BCUT2D eigenvalue weighted by molar-refractivity contribution is 0.145. The van der Waals surface area contributed by atoms with Gasteiger partial charge in [-0.25, -0.2) is 21.9 Å². The van der Waals surface area contributed by atoms with Crippen molar-refractivity contribution in [2.45, 2.75) is 18.2 Å². The second-order valence-corrected chi connectivity index (χ2v) is 7.91. The Kier molecular flexibility index (Phi) is 5.27. The van der Waals surface area contributed by atoms with Crippen molar-refractivity contribution in [3.05, 3.63) is 60.3 Å². The summed E-state index contributed by atoms with van der Waals surface area (Å²) in [7, 11) is -3.34. The molecule has 0 N–H and O–H groups in total. The van der Waals surface area contributed by atoms with E-state index in [2.05, 4.69) is 5.10 Å². The molecule has 0 aliphatic rings. The van der Waals surface area contributed by atoms with Crippen LogP contribution in [0.5, 0.6) is 5.75 Å². The Morgan fingerprint density at radius 1 is 1.07 bits per heavy atom. The summed E-state index contributed by atoms with van der Waals surface area (Å²) in [5.41, 5.74) is 1.25. The van der Waals surface area contributed by atoms with E-state index in [1.165, 1.54) is 22.9 Å². The zero-order valence-corrected chi connectivity index (χ0v) is 15.6. The van der Waals surface area contributed by atoms with Crippen LogP contribution >= 0.6 is 0 Å². The second kappa shape index (κ2) is 7.48. The summed E-state index contributed by atoms with van der Waals surface area (Å²) < 4.78 is 56.4. The largest absolute Gasteiger partial charge is 0.494 e. The molecule has 0 bridgehead atoms. The summed E-state index contributed by atoms with van der Waals surface area (Å²) in [6, 6.07) is 14.3. The molecular formula is C19H18F2N2O3S. The van der Waals surface area contributed by atoms with Crippen molar-refractivity contribution in [3.8, 4) is 22.7 Å². The first-order valence-electron chi connectivity index (χ1n) is 8.21. The number of hydrogen-bond donors (Lipinski definition) is 0. The van der Waals surface area contributed by atoms with Gasteiger partial charge in [0.2, 0.25) is 0 Å². The van der Waals surface area contributed by atoms with Crippen LogP contribution in [0.2, 0.25) is 0 Å². The number of sulfone groups is 1. The first-order valence-corrected chi connectivity index (χ1v) is 10.1. The Labute approximate surface area is 156 Å². The molecule has 8 heteroatoms. The number of alkyl halides is 2. The van der Waals surface area contributed by atoms with Crippen molar-refractivity contribution in [2.24, 2.45) is 0 Å². The molecule has 3 aromatic rings. The molecule has 1 heterocycles. The van der Waals surface area contributed by atoms with E-state index < -0.39 is 16.3 Å². The monoisotopic (exact) mass is 392 g/mol. The third-order valence-electron chi connectivity index (χ3n) is 3.92. The predicted octanol–water partition coefficient (Wildman–Crippen LogP) is 4.28. The number of hydrogen-bond acceptors (Lipinski definition) is 4. The van der Waals surface area contributed by atoms with Crippen molar-refractivity contribution in [1.29, 1.82) is 0 Å². The molecule has 2 aromatic carbocycles. The fraction of sp³-hybridized carbons (Fsp3) is 0.211. The van der Waals surface area contributed by atoms with E-state index >= 15 is 0 Å². The predicted molar refractivity (Wildman–Crippen MR) is 98.2 cm³/mol. The topological polar surface area (TPSA) is 61.2 Å². The molecule has 27 heavy (non-hydrogen) atoms. The van der Waals surface area contributed by atoms with E-state index in [-0.39, 0.29) is 10.6 Å². The van der Waals surface area contributed by atoms with Gasteiger partial charge in [-0.05, 0) is 49.4 Å². The van der Waals surface area contributed by atoms with Gasteiger partial charge in [-0.2, -0.15) is 5.10 Å². The molecular weight excluding hydrogens is 374 g/mol. The van der Waals surface area contributed by atoms with Gasteiger partial charge in [-0.1, -0.05) is 12.1 Å². The van der Waals surface area contributed by atoms with Crippen LogP contribution in [0, 0.1) is 0 Å². The van der Waals surface area contributed by atoms with E-state index in [0.717, 1.165) is 6.26 Å². The van der Waals surface area contributed by atoms with Crippen LogP contribution in [0.4, 0.5) is 8.78 Å². The molecule has 5 nitrogen and oxygen atoms in total. The minimum atomic E-state index is -3.34. The summed E-state index contributed by atoms with van der Waals surface area (Å²) in [6.07, 6.45) is -1.61. The van der Waals surface area contributed by atoms with Gasteiger partial charge in [-0.3, -0.25) is 0 Å². The van der Waals surface area contributed by atoms with Crippen LogP contribution in [0.15, 0.2) is 59.5 Å². The van der Waals surface area contributed by atoms with Gasteiger partial charge >= 0.3 is 0 Å². The molecule has 1 aromatic heterocycles. The third kappa shape index (κ3) is 4.16. The number of benzene rings is 2. The summed E-state index contributed by atoms with van der Waals surface area (Å²) in [5, 5.41) is 4.01. The molecule has 0 unspecified atom stereocenters. The zero-order chi connectivity index (χ0) is 19.6. The highest BCUT2D eigenvalue weighted by molar-refractivity contribution is 7.90. The summed E-state index contributed by atoms with van der Waals surface area (Å²) in [4.78, 5) is 0.160. The molecule has 142 valence electrons. The smallest absolute Gasteiger partial charge is 0.282 e. The highest BCUT2D eigenvalue weighted by Crippen LogP contribution is 2.29. The van der Waals surface area contributed by atoms with Crippen LogP contribution in [0.1, 0.15) is 19.0 Å². The summed E-state index contributed by atoms with van der Waals surface area (Å²) >= 11 is 0. The Hall–Kier alpha value is -2.74. The minimum absolute atomic E-state index is 0.160. The normalized spacial score (nSPS) is 11.7. The van der Waals surface area contributed by atoms with Crippen molar-refractivity contribution < 1.29 is 21.9 Å². The summed E-state index contributed by atoms with van der Waals surface area (Å²) in [6.45, 7) is 2.39. The molecule has 0 fully saturated rings. The second-order valence-electron chi connectivity index (χ2n) is 5.89. The van der Waals surface area contributed by atoms with Crippen LogP contribution in [-0.2, 0) is 9.84 Å². The van der Waals surface area contributed by atoms with E-state index in [4.69, 9.17) is 4.74 Å². The zero-order valence-electron chi connectivity index (χ0n) is 14.8. The van der Waals surface area contributed by atoms with E-state index in [0.29, 0.717) is 29.3 Å². The maximum absolute atomic E-state index is 13.2. The quantitative estimate of drug-likeness (QED) is 0.628. The van der Waals surface area contributed by atoms with Crippen LogP contribution < -0.4 is 4.74 Å². The fourth-order valence-corrected chi connectivity index (χ4v) is 3.26. The van der Waals surface area contributed by atoms with Gasteiger partial charge in [0.05, 0.1) is 22.9 Å². The average Bonchev–Trinajstić information content (AvgIpc) is 3.08. The highest BCUT2D eigenvalue weighted by atomic mass is 32.2. The molecule has 0 amide bonds. The number of aromatic nitrogens is 2. The molecule has 0 spiro atoms. The van der Waals surface area contributed by atoms with Gasteiger partial charge < -0.3 is 4.74 Å². The molecule has 0 saturated heterocycles. The lowest BCUT2D eigenvalue weighted by Gasteiger charge is -2.09. The maximum atomic E-state index is 13.2. The molecule has 0 aliphatic heterocycles. The Morgan fingerprint density at radius 2 is 1.70 bits per heavy atom. The third-order valence-corrected chi connectivity index (χ3v) is 5.05. The number of halogens is 2.